The molecule has 0 aromatic heterocycles. The summed E-state index contributed by atoms with van der Waals surface area (Å²) in [4.78, 5) is 0. The van der Waals surface area contributed by atoms with E-state index in [9.17, 15) is 0 Å². The van der Waals surface area contributed by atoms with Gasteiger partial charge in [-0.25, -0.2) is 0 Å². The average molecular weight is 214 g/mol. The summed E-state index contributed by atoms with van der Waals surface area (Å²) in [6, 6.07) is 2.13. The Kier molecular flexibility index (Phi) is 11.0. The molecule has 0 saturated heterocycles. The molecule has 0 aromatic carbocycles. The van der Waals surface area contributed by atoms with Crippen molar-refractivity contribution in [3.63, 3.8) is 0 Å². The number of hydrogen-bond donors (Lipinski definition) is 1. The predicted molar refractivity (Wildman–Crippen MR) is 59.6 cm³/mol. The third kappa shape index (κ3) is 9.67. The molecule has 4 nitrogen and oxygen atoms in total. The summed E-state index contributed by atoms with van der Waals surface area (Å²) < 4.78 is 10.5. The molecule has 0 radical (unpaired) electrons. The molecule has 0 aliphatic carbocycles. The summed E-state index contributed by atoms with van der Waals surface area (Å²) in [7, 11) is 0. The molecule has 1 N–H and O–H groups in total. The van der Waals surface area contributed by atoms with Gasteiger partial charge in [0.15, 0.2) is 0 Å². The first-order valence-corrected chi connectivity index (χ1v) is 5.63. The van der Waals surface area contributed by atoms with Crippen LogP contribution in [0.3, 0.4) is 0 Å². The molecule has 0 rings (SSSR count). The molecule has 0 aliphatic rings. The summed E-state index contributed by atoms with van der Waals surface area (Å²) in [5, 5.41) is 11.9. The normalized spacial score (nSPS) is 12.3. The maximum atomic E-state index is 8.80. The van der Waals surface area contributed by atoms with E-state index in [4.69, 9.17) is 14.7 Å². The minimum Gasteiger partial charge on any atom is -0.379 e. The number of nitrogens with one attached hydrogen (secondary N) is 1. The fourth-order valence-electron chi connectivity index (χ4n) is 1.10. The van der Waals surface area contributed by atoms with E-state index in [0.717, 1.165) is 26.0 Å². The average Bonchev–Trinajstić information content (AvgIpc) is 2.27. The first-order valence-electron chi connectivity index (χ1n) is 5.63. The summed E-state index contributed by atoms with van der Waals surface area (Å²) >= 11 is 0. The van der Waals surface area contributed by atoms with Gasteiger partial charge >= 0.3 is 0 Å². The second-order valence-electron chi connectivity index (χ2n) is 3.23. The highest BCUT2D eigenvalue weighted by Crippen LogP contribution is 1.92. The molecule has 1 atom stereocenters. The summed E-state index contributed by atoms with van der Waals surface area (Å²) in [6.45, 7) is 7.51. The Morgan fingerprint density at radius 1 is 1.20 bits per heavy atom. The van der Waals surface area contributed by atoms with Crippen LogP contribution < -0.4 is 5.32 Å². The molecule has 15 heavy (non-hydrogen) atoms. The van der Waals surface area contributed by atoms with Gasteiger partial charge < -0.3 is 14.8 Å². The van der Waals surface area contributed by atoms with Gasteiger partial charge in [-0.1, -0.05) is 6.92 Å². The Morgan fingerprint density at radius 3 is 2.53 bits per heavy atom. The van der Waals surface area contributed by atoms with Crippen LogP contribution in [0.4, 0.5) is 0 Å². The van der Waals surface area contributed by atoms with Crippen LogP contribution in [0, 0.1) is 11.3 Å². The fraction of sp³-hybridized carbons (Fsp3) is 0.909. The Hall–Kier alpha value is -0.630. The molecule has 0 saturated carbocycles. The number of ether oxygens (including phenoxy) is 2. The standard InChI is InChI=1S/C11H22N2O2/c1-3-6-13-11(10-12)5-7-15-9-8-14-4-2/h11,13H,3-9H2,1-2H3. The van der Waals surface area contributed by atoms with Gasteiger partial charge in [0.05, 0.1) is 25.3 Å². The van der Waals surface area contributed by atoms with Crippen molar-refractivity contribution >= 4 is 0 Å². The van der Waals surface area contributed by atoms with Crippen molar-refractivity contribution in [2.75, 3.05) is 33.0 Å². The van der Waals surface area contributed by atoms with Crippen LogP contribution in [0.1, 0.15) is 26.7 Å². The molecule has 0 spiro atoms. The lowest BCUT2D eigenvalue weighted by Crippen LogP contribution is -2.29. The van der Waals surface area contributed by atoms with Crippen molar-refractivity contribution < 1.29 is 9.47 Å². The Balaban J connectivity index is 3.27. The van der Waals surface area contributed by atoms with E-state index < -0.39 is 0 Å². The van der Waals surface area contributed by atoms with Gasteiger partial charge in [0.1, 0.15) is 0 Å². The number of hydrogen-bond acceptors (Lipinski definition) is 4. The van der Waals surface area contributed by atoms with Crippen LogP contribution in [-0.2, 0) is 9.47 Å². The maximum absolute atomic E-state index is 8.80. The molecule has 0 fully saturated rings. The maximum Gasteiger partial charge on any atom is 0.0975 e. The first kappa shape index (κ1) is 14.4. The molecule has 0 aromatic rings. The quantitative estimate of drug-likeness (QED) is 0.557. The van der Waals surface area contributed by atoms with Crippen LogP contribution in [0.25, 0.3) is 0 Å². The molecule has 88 valence electrons. The molecule has 0 bridgehead atoms. The van der Waals surface area contributed by atoms with Gasteiger partial charge in [-0.05, 0) is 26.3 Å². The molecule has 1 unspecified atom stereocenters. The summed E-state index contributed by atoms with van der Waals surface area (Å²) in [5.74, 6) is 0. The molecule has 4 heteroatoms. The monoisotopic (exact) mass is 214 g/mol. The topological polar surface area (TPSA) is 54.3 Å². The molecule has 0 heterocycles. The summed E-state index contributed by atoms with van der Waals surface area (Å²) in [5.41, 5.74) is 0. The minimum atomic E-state index is -0.0861. The van der Waals surface area contributed by atoms with E-state index in [2.05, 4.69) is 18.3 Å². The van der Waals surface area contributed by atoms with E-state index in [1.807, 2.05) is 6.92 Å². The smallest absolute Gasteiger partial charge is 0.0975 e. The number of rotatable bonds is 10. The van der Waals surface area contributed by atoms with Gasteiger partial charge in [-0.3, -0.25) is 0 Å². The highest BCUT2D eigenvalue weighted by atomic mass is 16.5. The number of nitrogens with zero attached hydrogens (tertiary/aromatic N) is 1. The van der Waals surface area contributed by atoms with E-state index in [-0.39, 0.29) is 6.04 Å². The van der Waals surface area contributed by atoms with E-state index in [1.165, 1.54) is 0 Å². The van der Waals surface area contributed by atoms with Crippen molar-refractivity contribution in [1.82, 2.24) is 5.32 Å². The Bertz CT molecular complexity index is 168. The van der Waals surface area contributed by atoms with Crippen LogP contribution >= 0.6 is 0 Å². The van der Waals surface area contributed by atoms with Gasteiger partial charge in [-0.15, -0.1) is 0 Å². The van der Waals surface area contributed by atoms with E-state index >= 15 is 0 Å². The first-order chi connectivity index (χ1) is 7.35. The zero-order chi connectivity index (χ0) is 11.4. The van der Waals surface area contributed by atoms with Crippen molar-refractivity contribution in [3.05, 3.63) is 0 Å². The second kappa shape index (κ2) is 11.4. The SMILES string of the molecule is CCCNC(C#N)CCOCCOCC. The highest BCUT2D eigenvalue weighted by Gasteiger charge is 2.04. The van der Waals surface area contributed by atoms with E-state index in [0.29, 0.717) is 19.8 Å². The van der Waals surface area contributed by atoms with Gasteiger partial charge in [0, 0.05) is 13.2 Å². The highest BCUT2D eigenvalue weighted by molar-refractivity contribution is 4.89. The predicted octanol–water partition coefficient (Wildman–Crippen LogP) is 1.32. The largest absolute Gasteiger partial charge is 0.379 e. The third-order valence-corrected chi connectivity index (χ3v) is 1.92. The second-order valence-corrected chi connectivity index (χ2v) is 3.23. The third-order valence-electron chi connectivity index (χ3n) is 1.92. The Labute approximate surface area is 92.6 Å². The van der Waals surface area contributed by atoms with Crippen LogP contribution in [0.15, 0.2) is 0 Å². The zero-order valence-corrected chi connectivity index (χ0v) is 9.79. The fourth-order valence-corrected chi connectivity index (χ4v) is 1.10. The number of nitriles is 1. The van der Waals surface area contributed by atoms with Crippen LogP contribution in [-0.4, -0.2) is 39.0 Å². The molecule has 0 aliphatic heterocycles. The molecule has 0 amide bonds. The lowest BCUT2D eigenvalue weighted by atomic mass is 10.2. The van der Waals surface area contributed by atoms with Crippen LogP contribution in [0.2, 0.25) is 0 Å². The molecular weight excluding hydrogens is 192 g/mol. The van der Waals surface area contributed by atoms with Crippen molar-refractivity contribution in [2.24, 2.45) is 0 Å². The van der Waals surface area contributed by atoms with E-state index in [1.54, 1.807) is 0 Å². The molecular formula is C11H22N2O2. The lowest BCUT2D eigenvalue weighted by molar-refractivity contribution is 0.0505. The lowest BCUT2D eigenvalue weighted by Gasteiger charge is -2.10. The van der Waals surface area contributed by atoms with Crippen molar-refractivity contribution in [3.8, 4) is 6.07 Å². The van der Waals surface area contributed by atoms with Gasteiger partial charge in [0.25, 0.3) is 0 Å². The summed E-state index contributed by atoms with van der Waals surface area (Å²) in [6.07, 6.45) is 1.78. The van der Waals surface area contributed by atoms with Gasteiger partial charge in [-0.2, -0.15) is 5.26 Å². The van der Waals surface area contributed by atoms with Crippen molar-refractivity contribution in [1.29, 1.82) is 5.26 Å². The minimum absolute atomic E-state index is 0.0861. The van der Waals surface area contributed by atoms with Crippen LogP contribution in [0.5, 0.6) is 0 Å². The van der Waals surface area contributed by atoms with Crippen molar-refractivity contribution in [2.45, 2.75) is 32.7 Å². The Morgan fingerprint density at radius 2 is 1.93 bits per heavy atom. The zero-order valence-electron chi connectivity index (χ0n) is 9.79. The van der Waals surface area contributed by atoms with Gasteiger partial charge in [0.2, 0.25) is 0 Å².